The van der Waals surface area contributed by atoms with Gasteiger partial charge in [0.05, 0.1) is 0 Å². The van der Waals surface area contributed by atoms with Gasteiger partial charge < -0.3 is 30.8 Å². The van der Waals surface area contributed by atoms with Gasteiger partial charge in [0.25, 0.3) is 5.91 Å². The molecule has 0 aliphatic heterocycles. The van der Waals surface area contributed by atoms with Gasteiger partial charge in [0.1, 0.15) is 28.3 Å². The van der Waals surface area contributed by atoms with Crippen LogP contribution in [-0.4, -0.2) is 27.5 Å². The summed E-state index contributed by atoms with van der Waals surface area (Å²) in [6.07, 6.45) is 4.31. The van der Waals surface area contributed by atoms with Gasteiger partial charge in [0.2, 0.25) is 5.43 Å². The molecule has 2 aromatic heterocycles. The number of esters is 1. The fraction of sp³-hybridized carbons (Fsp3) is 0.200. The van der Waals surface area contributed by atoms with E-state index in [1.165, 1.54) is 53.5 Å². The summed E-state index contributed by atoms with van der Waals surface area (Å²) in [6, 6.07) is 9.23. The van der Waals surface area contributed by atoms with Gasteiger partial charge in [0.15, 0.2) is 24.0 Å². The van der Waals surface area contributed by atoms with E-state index in [1.807, 2.05) is 13.8 Å². The Balaban J connectivity index is 1.60. The van der Waals surface area contributed by atoms with Crippen molar-refractivity contribution in [3.8, 4) is 22.6 Å². The minimum absolute atomic E-state index is 0.00387. The number of hydrogen-bond donors (Lipinski definition) is 3. The molecule has 1 atom stereocenters. The molecular formula is C30H28ClF2N5O5. The molecular weight excluding hydrogens is 584 g/mol. The molecule has 0 aliphatic rings. The van der Waals surface area contributed by atoms with Gasteiger partial charge in [-0.3, -0.25) is 14.4 Å². The number of pyridine rings is 2. The van der Waals surface area contributed by atoms with Gasteiger partial charge in [0, 0.05) is 42.0 Å². The highest BCUT2D eigenvalue weighted by Crippen LogP contribution is 2.34. The molecule has 43 heavy (non-hydrogen) atoms. The fourth-order valence-corrected chi connectivity index (χ4v) is 4.20. The molecule has 0 saturated heterocycles. The second-order valence-electron chi connectivity index (χ2n) is 9.97. The molecule has 224 valence electrons. The maximum Gasteiger partial charge on any atom is 0.324 e. The van der Waals surface area contributed by atoms with Crippen molar-refractivity contribution in [2.24, 2.45) is 11.7 Å². The lowest BCUT2D eigenvalue weighted by molar-refractivity contribution is -0.149. The van der Waals surface area contributed by atoms with Crippen LogP contribution in [-0.2, 0) is 16.3 Å². The molecule has 1 amide bonds. The maximum absolute atomic E-state index is 14.9. The van der Waals surface area contributed by atoms with Crippen molar-refractivity contribution in [2.75, 3.05) is 11.1 Å². The van der Waals surface area contributed by atoms with Gasteiger partial charge in [-0.2, -0.15) is 0 Å². The van der Waals surface area contributed by atoms with E-state index in [1.54, 1.807) is 0 Å². The Morgan fingerprint density at radius 2 is 1.79 bits per heavy atom. The van der Waals surface area contributed by atoms with E-state index in [-0.39, 0.29) is 51.8 Å². The molecule has 0 saturated carbocycles. The van der Waals surface area contributed by atoms with Crippen molar-refractivity contribution in [1.29, 1.82) is 0 Å². The van der Waals surface area contributed by atoms with E-state index in [0.717, 1.165) is 18.2 Å². The molecule has 0 fully saturated rings. The number of hydrogen-bond acceptors (Lipinski definition) is 8. The van der Waals surface area contributed by atoms with Crippen LogP contribution in [0.2, 0.25) is 5.02 Å². The fourth-order valence-electron chi connectivity index (χ4n) is 4.05. The predicted octanol–water partition coefficient (Wildman–Crippen LogP) is 5.34. The number of nitrogens with two attached hydrogens (primary N) is 2. The Labute approximate surface area is 250 Å². The van der Waals surface area contributed by atoms with Crippen LogP contribution in [0.3, 0.4) is 0 Å². The van der Waals surface area contributed by atoms with Crippen LogP contribution in [0.5, 0.6) is 11.5 Å². The molecule has 10 nitrogen and oxygen atoms in total. The van der Waals surface area contributed by atoms with Crippen LogP contribution in [0.25, 0.3) is 11.1 Å². The van der Waals surface area contributed by atoms with E-state index < -0.39 is 35.0 Å². The van der Waals surface area contributed by atoms with Crippen LogP contribution in [0.4, 0.5) is 20.3 Å². The van der Waals surface area contributed by atoms with Crippen molar-refractivity contribution in [3.05, 3.63) is 99.6 Å². The zero-order valence-corrected chi connectivity index (χ0v) is 23.9. The first-order valence-corrected chi connectivity index (χ1v) is 13.4. The van der Waals surface area contributed by atoms with E-state index in [4.69, 9.17) is 32.5 Å². The number of carbonyl (C=O) groups excluding carboxylic acids is 2. The number of aromatic nitrogens is 2. The van der Waals surface area contributed by atoms with E-state index in [9.17, 15) is 23.2 Å². The van der Waals surface area contributed by atoms with Crippen LogP contribution in [0, 0.1) is 17.6 Å². The zero-order valence-electron chi connectivity index (χ0n) is 23.1. The molecule has 0 aliphatic carbocycles. The number of nitrogen functional groups attached to an aromatic ring is 1. The number of nitrogens with one attached hydrogen (secondary N) is 1. The average molecular weight is 612 g/mol. The van der Waals surface area contributed by atoms with Crippen molar-refractivity contribution >= 4 is 35.0 Å². The van der Waals surface area contributed by atoms with Crippen LogP contribution >= 0.6 is 11.6 Å². The summed E-state index contributed by atoms with van der Waals surface area (Å²) in [5.41, 5.74) is 10.9. The summed E-state index contributed by atoms with van der Waals surface area (Å²) in [7, 11) is 0. The summed E-state index contributed by atoms with van der Waals surface area (Å²) in [5, 5.41) is 2.48. The molecule has 4 aromatic rings. The number of halogens is 3. The summed E-state index contributed by atoms with van der Waals surface area (Å²) in [4.78, 5) is 42.8. The lowest BCUT2D eigenvalue weighted by Gasteiger charge is -2.16. The summed E-state index contributed by atoms with van der Waals surface area (Å²) in [5.74, 6) is -2.85. The van der Waals surface area contributed by atoms with Gasteiger partial charge in [-0.25, -0.2) is 13.8 Å². The van der Waals surface area contributed by atoms with Crippen molar-refractivity contribution in [1.82, 2.24) is 9.55 Å². The molecule has 5 N–H and O–H groups in total. The second-order valence-corrected chi connectivity index (χ2v) is 10.4. The smallest absolute Gasteiger partial charge is 0.324 e. The van der Waals surface area contributed by atoms with Gasteiger partial charge in [-0.1, -0.05) is 37.6 Å². The number of ether oxygens (including phenoxy) is 2. The largest absolute Gasteiger partial charge is 0.453 e. The summed E-state index contributed by atoms with van der Waals surface area (Å²) < 4.78 is 40.5. The Morgan fingerprint density at radius 1 is 1.07 bits per heavy atom. The molecule has 13 heteroatoms. The van der Waals surface area contributed by atoms with Crippen LogP contribution < -0.4 is 26.9 Å². The Hall–Kier alpha value is -4.81. The highest BCUT2D eigenvalue weighted by atomic mass is 35.5. The van der Waals surface area contributed by atoms with Crippen molar-refractivity contribution < 1.29 is 27.8 Å². The molecule has 2 heterocycles. The first kappa shape index (κ1) is 31.1. The number of anilines is 2. The molecule has 0 spiro atoms. The van der Waals surface area contributed by atoms with Crippen molar-refractivity contribution in [3.63, 3.8) is 0 Å². The third kappa shape index (κ3) is 7.73. The highest BCUT2D eigenvalue weighted by molar-refractivity contribution is 6.34. The summed E-state index contributed by atoms with van der Waals surface area (Å²) >= 11 is 6.05. The first-order chi connectivity index (χ1) is 20.4. The highest BCUT2D eigenvalue weighted by Gasteiger charge is 2.20. The van der Waals surface area contributed by atoms with Gasteiger partial charge in [-0.05, 0) is 42.2 Å². The normalized spacial score (nSPS) is 11.7. The van der Waals surface area contributed by atoms with E-state index in [0.29, 0.717) is 12.0 Å². The number of amides is 1. The van der Waals surface area contributed by atoms with Gasteiger partial charge in [-0.15, -0.1) is 0 Å². The molecule has 2 aromatic carbocycles. The lowest BCUT2D eigenvalue weighted by atomic mass is 10.0. The maximum atomic E-state index is 14.9. The topological polar surface area (TPSA) is 152 Å². The Kier molecular flexibility index (Phi) is 9.73. The second kappa shape index (κ2) is 13.4. The molecule has 0 bridgehead atoms. The van der Waals surface area contributed by atoms with E-state index >= 15 is 0 Å². The van der Waals surface area contributed by atoms with Crippen LogP contribution in [0.15, 0.2) is 71.9 Å². The zero-order chi connectivity index (χ0) is 31.3. The van der Waals surface area contributed by atoms with Crippen molar-refractivity contribution in [2.45, 2.75) is 33.0 Å². The molecule has 4 rings (SSSR count). The summed E-state index contributed by atoms with van der Waals surface area (Å²) in [6.45, 7) is 3.46. The van der Waals surface area contributed by atoms with Gasteiger partial charge >= 0.3 is 5.97 Å². The third-order valence-electron chi connectivity index (χ3n) is 6.15. The van der Waals surface area contributed by atoms with E-state index in [2.05, 4.69) is 10.3 Å². The first-order valence-electron chi connectivity index (χ1n) is 13.0. The molecule has 0 radical (unpaired) electrons. The monoisotopic (exact) mass is 611 g/mol. The SMILES string of the molecule is CC(C)C[C@H](N)C(=O)OCn1cc(C(=O)Nc2ccc(Oc3ccnc(N)c3Cl)c(F)c2)c(=O)c(-c2ccc(F)cc2)c1. The number of nitrogens with zero attached hydrogens (tertiary/aromatic N) is 2. The standard InChI is InChI=1S/C30H28ClF2N5O5/c1-16(2)11-23(34)30(41)42-15-38-13-20(17-3-5-18(32)6-4-17)27(39)21(14-38)29(40)37-19-7-8-24(22(33)12-19)43-25-9-10-36-28(35)26(25)31/h3-10,12-14,16,23H,11,15,34H2,1-2H3,(H2,35,36)(H,37,40)/t23-/m0/s1. The minimum atomic E-state index is -0.872. The molecule has 0 unspecified atom stereocenters. The van der Waals surface area contributed by atoms with Crippen LogP contribution in [0.1, 0.15) is 30.6 Å². The quantitative estimate of drug-likeness (QED) is 0.203. The Morgan fingerprint density at radius 3 is 2.47 bits per heavy atom. The third-order valence-corrected chi connectivity index (χ3v) is 6.53. The average Bonchev–Trinajstić information content (AvgIpc) is 2.96. The number of rotatable bonds is 10. The number of benzene rings is 2. The predicted molar refractivity (Wildman–Crippen MR) is 158 cm³/mol. The minimum Gasteiger partial charge on any atom is -0.453 e. The number of carbonyl (C=O) groups is 2. The Bertz CT molecular complexity index is 1710. The lowest BCUT2D eigenvalue weighted by Crippen LogP contribution is -2.34.